The molecule has 1 atom stereocenters. The molecule has 0 aromatic heterocycles. The summed E-state index contributed by atoms with van der Waals surface area (Å²) in [6.45, 7) is 3.52. The van der Waals surface area contributed by atoms with Gasteiger partial charge in [0.2, 0.25) is 0 Å². The summed E-state index contributed by atoms with van der Waals surface area (Å²) in [5, 5.41) is 0. The zero-order chi connectivity index (χ0) is 12.9. The molecule has 17 heavy (non-hydrogen) atoms. The van der Waals surface area contributed by atoms with Gasteiger partial charge in [0.05, 0.1) is 12.7 Å². The van der Waals surface area contributed by atoms with Gasteiger partial charge >= 0.3 is 6.17 Å². The minimum absolute atomic E-state index is 0.136. The van der Waals surface area contributed by atoms with Crippen molar-refractivity contribution in [3.63, 3.8) is 0 Å². The van der Waals surface area contributed by atoms with E-state index in [9.17, 15) is 8.78 Å². The minimum Gasteiger partial charge on any atom is -0.383 e. The maximum absolute atomic E-state index is 14.0. The summed E-state index contributed by atoms with van der Waals surface area (Å²) in [4.78, 5) is 2.33. The third-order valence-electron chi connectivity index (χ3n) is 3.18. The van der Waals surface area contributed by atoms with Crippen molar-refractivity contribution in [3.8, 4) is 0 Å². The highest BCUT2D eigenvalue weighted by Gasteiger charge is 2.48. The number of methoxy groups -OCH3 is 2. The van der Waals surface area contributed by atoms with E-state index < -0.39 is 6.17 Å². The Morgan fingerprint density at radius 2 is 1.88 bits per heavy atom. The fraction of sp³-hybridized carbons (Fsp3) is 1.00. The second kappa shape index (κ2) is 6.58. The average molecular weight is 252 g/mol. The van der Waals surface area contributed by atoms with E-state index in [2.05, 4.69) is 0 Å². The summed E-state index contributed by atoms with van der Waals surface area (Å²) in [6.07, 6.45) is -2.28. The van der Waals surface area contributed by atoms with Crippen molar-refractivity contribution in [1.82, 2.24) is 9.80 Å². The Balaban J connectivity index is 2.52. The molecule has 0 spiro atoms. The van der Waals surface area contributed by atoms with Crippen LogP contribution in [0, 0.1) is 0 Å². The summed E-state index contributed by atoms with van der Waals surface area (Å²) in [7, 11) is 3.08. The standard InChI is InChI=1S/C11H22F2N2O2/c1-4-10(17-3)9-15-6-5-14(7-8-16-2)11(15,12)13/h10H,4-9H2,1-3H3. The molecule has 0 N–H and O–H groups in total. The van der Waals surface area contributed by atoms with Crippen LogP contribution >= 0.6 is 0 Å². The lowest BCUT2D eigenvalue weighted by molar-refractivity contribution is -0.218. The second-order valence-corrected chi connectivity index (χ2v) is 4.20. The molecule has 0 radical (unpaired) electrons. The molecule has 4 nitrogen and oxygen atoms in total. The SMILES string of the molecule is CCC(CN1CCN(CCOC)C1(F)F)OC. The van der Waals surface area contributed by atoms with E-state index >= 15 is 0 Å². The molecule has 1 rings (SSSR count). The predicted molar refractivity (Wildman–Crippen MR) is 61.1 cm³/mol. The van der Waals surface area contributed by atoms with Crippen molar-refractivity contribution in [2.45, 2.75) is 25.6 Å². The molecule has 0 aromatic rings. The van der Waals surface area contributed by atoms with Crippen LogP contribution in [0.1, 0.15) is 13.3 Å². The lowest BCUT2D eigenvalue weighted by atomic mass is 10.2. The molecule has 1 fully saturated rings. The molecule has 0 aromatic carbocycles. The Hall–Kier alpha value is -0.300. The van der Waals surface area contributed by atoms with Crippen molar-refractivity contribution < 1.29 is 18.3 Å². The van der Waals surface area contributed by atoms with E-state index in [1.54, 1.807) is 7.11 Å². The van der Waals surface area contributed by atoms with Crippen LogP contribution in [0.4, 0.5) is 8.78 Å². The van der Waals surface area contributed by atoms with Gasteiger partial charge < -0.3 is 9.47 Å². The normalized spacial score (nSPS) is 23.1. The first-order valence-corrected chi connectivity index (χ1v) is 5.95. The largest absolute Gasteiger partial charge is 0.383 e. The quantitative estimate of drug-likeness (QED) is 0.636. The van der Waals surface area contributed by atoms with Gasteiger partial charge in [0, 0.05) is 40.4 Å². The van der Waals surface area contributed by atoms with Crippen molar-refractivity contribution >= 4 is 0 Å². The first-order chi connectivity index (χ1) is 8.06. The summed E-state index contributed by atoms with van der Waals surface area (Å²) in [6, 6.07) is 0. The minimum atomic E-state index is -2.88. The maximum atomic E-state index is 14.0. The van der Waals surface area contributed by atoms with E-state index in [1.165, 1.54) is 12.0 Å². The molecule has 0 saturated carbocycles. The number of alkyl halides is 2. The number of hydrogen-bond acceptors (Lipinski definition) is 4. The second-order valence-electron chi connectivity index (χ2n) is 4.20. The van der Waals surface area contributed by atoms with Crippen LogP contribution in [-0.4, -0.2) is 69.1 Å². The molecule has 0 aliphatic carbocycles. The molecule has 102 valence electrons. The Labute approximate surface area is 101 Å². The molecule has 0 bridgehead atoms. The molecule has 1 saturated heterocycles. The van der Waals surface area contributed by atoms with Gasteiger partial charge in [-0.1, -0.05) is 6.92 Å². The lowest BCUT2D eigenvalue weighted by Gasteiger charge is -2.30. The van der Waals surface area contributed by atoms with Crippen LogP contribution in [0.5, 0.6) is 0 Å². The maximum Gasteiger partial charge on any atom is 0.369 e. The molecule has 0 amide bonds. The summed E-state index contributed by atoms with van der Waals surface area (Å²) in [5.41, 5.74) is 0. The van der Waals surface area contributed by atoms with Crippen LogP contribution in [0.25, 0.3) is 0 Å². The van der Waals surface area contributed by atoms with Crippen LogP contribution in [-0.2, 0) is 9.47 Å². The fourth-order valence-electron chi connectivity index (χ4n) is 1.98. The fourth-order valence-corrected chi connectivity index (χ4v) is 1.98. The van der Waals surface area contributed by atoms with Gasteiger partial charge in [-0.05, 0) is 6.42 Å². The average Bonchev–Trinajstić information content (AvgIpc) is 2.58. The lowest BCUT2D eigenvalue weighted by Crippen LogP contribution is -2.49. The highest BCUT2D eigenvalue weighted by atomic mass is 19.3. The Morgan fingerprint density at radius 3 is 2.41 bits per heavy atom. The highest BCUT2D eigenvalue weighted by Crippen LogP contribution is 2.30. The molecule has 1 aliphatic heterocycles. The third-order valence-corrected chi connectivity index (χ3v) is 3.18. The first-order valence-electron chi connectivity index (χ1n) is 5.95. The van der Waals surface area contributed by atoms with E-state index in [4.69, 9.17) is 9.47 Å². The monoisotopic (exact) mass is 252 g/mol. The molecular weight excluding hydrogens is 230 g/mol. The smallest absolute Gasteiger partial charge is 0.369 e. The van der Waals surface area contributed by atoms with Crippen LogP contribution < -0.4 is 0 Å². The van der Waals surface area contributed by atoms with E-state index in [0.29, 0.717) is 19.7 Å². The van der Waals surface area contributed by atoms with Crippen molar-refractivity contribution in [2.75, 3.05) is 47.0 Å². The summed E-state index contributed by atoms with van der Waals surface area (Å²) in [5.74, 6) is 0. The molecule has 1 heterocycles. The zero-order valence-electron chi connectivity index (χ0n) is 10.8. The molecule has 6 heteroatoms. The summed E-state index contributed by atoms with van der Waals surface area (Å²) >= 11 is 0. The zero-order valence-corrected chi connectivity index (χ0v) is 10.8. The molecule has 1 unspecified atom stereocenters. The van der Waals surface area contributed by atoms with Gasteiger partial charge in [-0.3, -0.25) is 0 Å². The number of hydrogen-bond donors (Lipinski definition) is 0. The van der Waals surface area contributed by atoms with Gasteiger partial charge in [0.25, 0.3) is 0 Å². The van der Waals surface area contributed by atoms with Gasteiger partial charge in [-0.2, -0.15) is 8.78 Å². The number of rotatable bonds is 7. The van der Waals surface area contributed by atoms with Crippen molar-refractivity contribution in [3.05, 3.63) is 0 Å². The van der Waals surface area contributed by atoms with Crippen LogP contribution in [0.2, 0.25) is 0 Å². The Kier molecular flexibility index (Phi) is 5.72. The third kappa shape index (κ3) is 3.58. The highest BCUT2D eigenvalue weighted by molar-refractivity contribution is 4.82. The number of ether oxygens (including phenoxy) is 2. The Bertz CT molecular complexity index is 226. The van der Waals surface area contributed by atoms with Crippen LogP contribution in [0.15, 0.2) is 0 Å². The molecular formula is C11H22F2N2O2. The van der Waals surface area contributed by atoms with Crippen LogP contribution in [0.3, 0.4) is 0 Å². The number of halogens is 2. The van der Waals surface area contributed by atoms with Gasteiger partial charge in [0.15, 0.2) is 0 Å². The first kappa shape index (κ1) is 14.8. The van der Waals surface area contributed by atoms with Crippen molar-refractivity contribution in [2.24, 2.45) is 0 Å². The summed E-state index contributed by atoms with van der Waals surface area (Å²) < 4.78 is 37.9. The number of nitrogens with zero attached hydrogens (tertiary/aromatic N) is 2. The topological polar surface area (TPSA) is 24.9 Å². The molecule has 1 aliphatic rings. The predicted octanol–water partition coefficient (Wildman–Crippen LogP) is 1.23. The van der Waals surface area contributed by atoms with E-state index in [1.807, 2.05) is 6.92 Å². The van der Waals surface area contributed by atoms with E-state index in [-0.39, 0.29) is 19.2 Å². The van der Waals surface area contributed by atoms with Crippen molar-refractivity contribution in [1.29, 1.82) is 0 Å². The van der Waals surface area contributed by atoms with Gasteiger partial charge in [-0.15, -0.1) is 0 Å². The Morgan fingerprint density at radius 1 is 1.24 bits per heavy atom. The van der Waals surface area contributed by atoms with Gasteiger partial charge in [0.1, 0.15) is 0 Å². The van der Waals surface area contributed by atoms with Gasteiger partial charge in [-0.25, -0.2) is 9.80 Å². The van der Waals surface area contributed by atoms with E-state index in [0.717, 1.165) is 11.3 Å².